The molecule has 2 N–H and O–H groups in total. The summed E-state index contributed by atoms with van der Waals surface area (Å²) in [6, 6.07) is 0. The van der Waals surface area contributed by atoms with Gasteiger partial charge in [0.05, 0.1) is 65.7 Å². The molecule has 0 amide bonds. The first-order chi connectivity index (χ1) is 10.8. The van der Waals surface area contributed by atoms with Crippen molar-refractivity contribution in [3.63, 3.8) is 0 Å². The number of ether oxygens (including phenoxy) is 6. The summed E-state index contributed by atoms with van der Waals surface area (Å²) in [7, 11) is 0. The molecule has 0 atom stereocenters. The van der Waals surface area contributed by atoms with Crippen LogP contribution in [0.25, 0.3) is 0 Å². The summed E-state index contributed by atoms with van der Waals surface area (Å²) in [6.07, 6.45) is 1.38. The zero-order valence-corrected chi connectivity index (χ0v) is 13.0. The lowest BCUT2D eigenvalue weighted by molar-refractivity contribution is -0.143. The molecule has 0 aromatic carbocycles. The first kappa shape index (κ1) is 20.8. The van der Waals surface area contributed by atoms with Crippen molar-refractivity contribution >= 4 is 5.97 Å². The van der Waals surface area contributed by atoms with Crippen LogP contribution in [0.3, 0.4) is 0 Å². The summed E-state index contributed by atoms with van der Waals surface area (Å²) in [5.74, 6) is -0.436. The van der Waals surface area contributed by atoms with Gasteiger partial charge in [-0.25, -0.2) is 0 Å². The quantitative estimate of drug-likeness (QED) is 0.222. The Morgan fingerprint density at radius 1 is 0.773 bits per heavy atom. The highest BCUT2D eigenvalue weighted by Crippen LogP contribution is 1.84. The summed E-state index contributed by atoms with van der Waals surface area (Å²) in [5.41, 5.74) is 5.07. The van der Waals surface area contributed by atoms with Gasteiger partial charge in [0.25, 0.3) is 0 Å². The monoisotopic (exact) mass is 321 g/mol. The molecule has 0 radical (unpaired) electrons. The second-order valence-electron chi connectivity index (χ2n) is 3.91. The van der Waals surface area contributed by atoms with E-state index in [-0.39, 0.29) is 13.2 Å². The first-order valence-electron chi connectivity index (χ1n) is 7.20. The lowest BCUT2D eigenvalue weighted by Gasteiger charge is -2.07. The van der Waals surface area contributed by atoms with Gasteiger partial charge in [0.15, 0.2) is 0 Å². The molecule has 130 valence electrons. The van der Waals surface area contributed by atoms with Crippen LogP contribution in [0, 0.1) is 0 Å². The van der Waals surface area contributed by atoms with E-state index in [2.05, 4.69) is 6.58 Å². The Balaban J connectivity index is 2.99. The normalized spacial score (nSPS) is 10.4. The maximum absolute atomic E-state index is 10.7. The lowest BCUT2D eigenvalue weighted by atomic mass is 10.6. The van der Waals surface area contributed by atoms with Gasteiger partial charge in [-0.1, -0.05) is 6.58 Å². The van der Waals surface area contributed by atoms with Crippen molar-refractivity contribution in [3.8, 4) is 0 Å². The fourth-order valence-electron chi connectivity index (χ4n) is 1.23. The Hall–Kier alpha value is -1.19. The number of esters is 1. The Labute approximate surface area is 131 Å². The molecule has 0 aromatic heterocycles. The predicted molar refractivity (Wildman–Crippen MR) is 79.4 cm³/mol. The van der Waals surface area contributed by atoms with E-state index in [1.165, 1.54) is 6.26 Å². The molecule has 0 saturated heterocycles. The maximum Gasteiger partial charge on any atom is 0.319 e. The van der Waals surface area contributed by atoms with Crippen molar-refractivity contribution in [2.75, 3.05) is 72.6 Å². The Morgan fingerprint density at radius 2 is 1.18 bits per heavy atom. The van der Waals surface area contributed by atoms with Crippen LogP contribution >= 0.6 is 0 Å². The topological polar surface area (TPSA) is 98.5 Å². The number of carbonyl (C=O) groups is 1. The lowest BCUT2D eigenvalue weighted by Crippen LogP contribution is -2.19. The second-order valence-corrected chi connectivity index (χ2v) is 3.91. The van der Waals surface area contributed by atoms with Gasteiger partial charge in [0, 0.05) is 0 Å². The number of nitrogens with two attached hydrogens (primary N) is 1. The van der Waals surface area contributed by atoms with Gasteiger partial charge in [-0.2, -0.15) is 0 Å². The minimum atomic E-state index is -0.436. The van der Waals surface area contributed by atoms with Crippen LogP contribution in [-0.2, 0) is 33.2 Å². The average Bonchev–Trinajstić information content (AvgIpc) is 2.54. The number of hydrogen-bond acceptors (Lipinski definition) is 8. The molecule has 0 rings (SSSR count). The largest absolute Gasteiger partial charge is 0.499 e. The fraction of sp³-hybridized carbons (Fsp3) is 0.786. The summed E-state index contributed by atoms with van der Waals surface area (Å²) >= 11 is 0. The average molecular weight is 321 g/mol. The van der Waals surface area contributed by atoms with Crippen molar-refractivity contribution < 1.29 is 33.2 Å². The number of carbonyl (C=O) groups excluding carboxylic acids is 1. The third-order valence-electron chi connectivity index (χ3n) is 2.24. The van der Waals surface area contributed by atoms with Crippen LogP contribution in [0.5, 0.6) is 0 Å². The van der Waals surface area contributed by atoms with Gasteiger partial charge in [-0.05, 0) is 0 Å². The second kappa shape index (κ2) is 17.9. The molecule has 0 fully saturated rings. The zero-order valence-electron chi connectivity index (χ0n) is 13.0. The molecule has 0 aromatic rings. The highest BCUT2D eigenvalue weighted by Gasteiger charge is 1.97. The molecule has 0 aliphatic heterocycles. The SMILES string of the molecule is C=COCCOCCOCCOCCOCCOC(=O)CN. The van der Waals surface area contributed by atoms with Crippen molar-refractivity contribution in [1.29, 1.82) is 0 Å². The van der Waals surface area contributed by atoms with Gasteiger partial charge < -0.3 is 34.2 Å². The molecule has 0 aliphatic rings. The molecule has 0 aliphatic carbocycles. The van der Waals surface area contributed by atoms with Gasteiger partial charge >= 0.3 is 5.97 Å². The zero-order chi connectivity index (χ0) is 16.3. The standard InChI is InChI=1S/C14H27NO7/c1-2-17-3-4-18-5-6-19-7-8-20-9-10-21-11-12-22-14(16)13-15/h2H,1,3-13,15H2. The first-order valence-corrected chi connectivity index (χ1v) is 7.20. The van der Waals surface area contributed by atoms with Crippen LogP contribution in [0.15, 0.2) is 12.8 Å². The molecule has 22 heavy (non-hydrogen) atoms. The van der Waals surface area contributed by atoms with E-state index in [9.17, 15) is 4.79 Å². The van der Waals surface area contributed by atoms with E-state index < -0.39 is 5.97 Å². The summed E-state index contributed by atoms with van der Waals surface area (Å²) in [5, 5.41) is 0. The molecule has 0 saturated carbocycles. The molecule has 0 spiro atoms. The van der Waals surface area contributed by atoms with E-state index in [1.54, 1.807) is 0 Å². The molecule has 0 heterocycles. The van der Waals surface area contributed by atoms with Gasteiger partial charge in [0.1, 0.15) is 13.2 Å². The minimum absolute atomic E-state index is 0.114. The fourth-order valence-corrected chi connectivity index (χ4v) is 1.23. The number of rotatable bonds is 17. The Morgan fingerprint density at radius 3 is 1.59 bits per heavy atom. The van der Waals surface area contributed by atoms with E-state index in [0.29, 0.717) is 59.5 Å². The van der Waals surface area contributed by atoms with Crippen LogP contribution in [0.4, 0.5) is 0 Å². The van der Waals surface area contributed by atoms with Gasteiger partial charge in [-0.3, -0.25) is 4.79 Å². The summed E-state index contributed by atoms with van der Waals surface area (Å²) < 4.78 is 30.7. The van der Waals surface area contributed by atoms with Crippen molar-refractivity contribution in [2.24, 2.45) is 5.73 Å². The summed E-state index contributed by atoms with van der Waals surface area (Å²) in [4.78, 5) is 10.7. The molecular weight excluding hydrogens is 294 g/mol. The highest BCUT2D eigenvalue weighted by molar-refractivity contribution is 5.71. The molecule has 0 unspecified atom stereocenters. The third kappa shape index (κ3) is 16.9. The van der Waals surface area contributed by atoms with Crippen molar-refractivity contribution in [3.05, 3.63) is 12.8 Å². The van der Waals surface area contributed by atoms with E-state index >= 15 is 0 Å². The highest BCUT2D eigenvalue weighted by atomic mass is 16.6. The minimum Gasteiger partial charge on any atom is -0.499 e. The van der Waals surface area contributed by atoms with Gasteiger partial charge in [-0.15, -0.1) is 0 Å². The maximum atomic E-state index is 10.7. The van der Waals surface area contributed by atoms with Crippen LogP contribution in [0.2, 0.25) is 0 Å². The van der Waals surface area contributed by atoms with Gasteiger partial charge in [0.2, 0.25) is 0 Å². The predicted octanol–water partition coefficient (Wildman–Crippen LogP) is -0.285. The van der Waals surface area contributed by atoms with E-state index in [1.807, 2.05) is 0 Å². The third-order valence-corrected chi connectivity index (χ3v) is 2.24. The van der Waals surface area contributed by atoms with Crippen molar-refractivity contribution in [2.45, 2.75) is 0 Å². The molecule has 8 nitrogen and oxygen atoms in total. The van der Waals surface area contributed by atoms with Crippen LogP contribution in [0.1, 0.15) is 0 Å². The Kier molecular flexibility index (Phi) is 16.9. The van der Waals surface area contributed by atoms with Crippen LogP contribution < -0.4 is 5.73 Å². The molecule has 8 heteroatoms. The molecular formula is C14H27NO7. The molecule has 0 bridgehead atoms. The van der Waals surface area contributed by atoms with E-state index in [4.69, 9.17) is 34.2 Å². The smallest absolute Gasteiger partial charge is 0.319 e. The number of hydrogen-bond donors (Lipinski definition) is 1. The Bertz CT molecular complexity index is 264. The van der Waals surface area contributed by atoms with E-state index in [0.717, 1.165) is 0 Å². The summed E-state index contributed by atoms with van der Waals surface area (Å²) in [6.45, 7) is 7.79. The van der Waals surface area contributed by atoms with Crippen LogP contribution in [-0.4, -0.2) is 78.6 Å². The van der Waals surface area contributed by atoms with Crippen molar-refractivity contribution in [1.82, 2.24) is 0 Å².